The normalized spacial score (nSPS) is 8.67. The Morgan fingerprint density at radius 1 is 1.44 bits per heavy atom. The SMILES string of the molecule is CCC(=CC(=N)N)CC. The molecule has 0 aliphatic heterocycles. The van der Waals surface area contributed by atoms with Crippen molar-refractivity contribution in [1.82, 2.24) is 0 Å². The highest BCUT2D eigenvalue weighted by Crippen LogP contribution is 2.03. The number of rotatable bonds is 3. The van der Waals surface area contributed by atoms with Gasteiger partial charge in [-0.25, -0.2) is 0 Å². The fourth-order valence-electron chi connectivity index (χ4n) is 0.674. The molecule has 0 aromatic carbocycles. The van der Waals surface area contributed by atoms with Crippen molar-refractivity contribution in [3.63, 3.8) is 0 Å². The van der Waals surface area contributed by atoms with Crippen LogP contribution in [-0.2, 0) is 0 Å². The molecule has 0 aromatic heterocycles. The highest BCUT2D eigenvalue weighted by Gasteiger charge is 1.88. The molecule has 0 saturated carbocycles. The second-order valence-corrected chi connectivity index (χ2v) is 1.97. The average Bonchev–Trinajstić information content (AvgIpc) is 1.82. The number of amidine groups is 1. The zero-order valence-corrected chi connectivity index (χ0v) is 6.07. The zero-order valence-electron chi connectivity index (χ0n) is 6.07. The lowest BCUT2D eigenvalue weighted by Gasteiger charge is -1.96. The van der Waals surface area contributed by atoms with Crippen molar-refractivity contribution in [3.8, 4) is 0 Å². The van der Waals surface area contributed by atoms with Crippen molar-refractivity contribution in [2.45, 2.75) is 26.7 Å². The Bertz CT molecular complexity index is 119. The molecule has 0 fully saturated rings. The molecule has 0 spiro atoms. The number of allylic oxidation sites excluding steroid dienone is 1. The molecular weight excluding hydrogens is 112 g/mol. The lowest BCUT2D eigenvalue weighted by molar-refractivity contribution is 0.979. The second-order valence-electron chi connectivity index (χ2n) is 1.97. The van der Waals surface area contributed by atoms with E-state index in [4.69, 9.17) is 11.1 Å². The summed E-state index contributed by atoms with van der Waals surface area (Å²) in [7, 11) is 0. The Kier molecular flexibility index (Phi) is 3.76. The van der Waals surface area contributed by atoms with Gasteiger partial charge in [0.25, 0.3) is 0 Å². The van der Waals surface area contributed by atoms with E-state index >= 15 is 0 Å². The first kappa shape index (κ1) is 8.21. The lowest BCUT2D eigenvalue weighted by atomic mass is 10.1. The summed E-state index contributed by atoms with van der Waals surface area (Å²) in [6.07, 6.45) is 3.71. The van der Waals surface area contributed by atoms with Crippen LogP contribution in [0.4, 0.5) is 0 Å². The first-order chi connectivity index (χ1) is 4.20. The van der Waals surface area contributed by atoms with E-state index in [0.29, 0.717) is 0 Å². The molecule has 0 aliphatic rings. The fourth-order valence-corrected chi connectivity index (χ4v) is 0.674. The molecule has 0 rings (SSSR count). The predicted octanol–water partition coefficient (Wildman–Crippen LogP) is 1.67. The highest BCUT2D eigenvalue weighted by atomic mass is 14.7. The molecule has 0 unspecified atom stereocenters. The summed E-state index contributed by atoms with van der Waals surface area (Å²) in [6, 6.07) is 0. The summed E-state index contributed by atoms with van der Waals surface area (Å²) in [5, 5.41) is 6.93. The van der Waals surface area contributed by atoms with Crippen LogP contribution in [0.1, 0.15) is 26.7 Å². The van der Waals surface area contributed by atoms with E-state index in [2.05, 4.69) is 13.8 Å². The summed E-state index contributed by atoms with van der Waals surface area (Å²) in [4.78, 5) is 0. The predicted molar refractivity (Wildman–Crippen MR) is 40.6 cm³/mol. The molecular formula is C7H14N2. The molecule has 0 aliphatic carbocycles. The maximum Gasteiger partial charge on any atom is 0.115 e. The number of hydrogen-bond acceptors (Lipinski definition) is 1. The van der Waals surface area contributed by atoms with Crippen LogP contribution in [0.2, 0.25) is 0 Å². The van der Waals surface area contributed by atoms with Gasteiger partial charge in [0.1, 0.15) is 5.84 Å². The monoisotopic (exact) mass is 126 g/mol. The molecule has 3 N–H and O–H groups in total. The van der Waals surface area contributed by atoms with Crippen molar-refractivity contribution in [1.29, 1.82) is 5.41 Å². The Morgan fingerprint density at radius 2 is 1.89 bits per heavy atom. The van der Waals surface area contributed by atoms with Crippen LogP contribution in [0.25, 0.3) is 0 Å². The molecule has 2 nitrogen and oxygen atoms in total. The van der Waals surface area contributed by atoms with Crippen LogP contribution in [0, 0.1) is 5.41 Å². The molecule has 0 bridgehead atoms. The van der Waals surface area contributed by atoms with Gasteiger partial charge in [0.05, 0.1) is 0 Å². The standard InChI is InChI=1S/C7H14N2/c1-3-6(4-2)5-7(8)9/h5H,3-4H2,1-2H3,(H3,8,9). The molecule has 0 atom stereocenters. The van der Waals surface area contributed by atoms with Crippen LogP contribution in [-0.4, -0.2) is 5.84 Å². The molecule has 2 heteroatoms. The van der Waals surface area contributed by atoms with E-state index in [9.17, 15) is 0 Å². The zero-order chi connectivity index (χ0) is 7.28. The number of nitrogens with one attached hydrogen (secondary N) is 1. The summed E-state index contributed by atoms with van der Waals surface area (Å²) in [6.45, 7) is 4.14. The minimum absolute atomic E-state index is 0.161. The van der Waals surface area contributed by atoms with Crippen molar-refractivity contribution in [3.05, 3.63) is 11.6 Å². The van der Waals surface area contributed by atoms with Gasteiger partial charge in [-0.05, 0) is 18.9 Å². The molecule has 0 aromatic rings. The van der Waals surface area contributed by atoms with Crippen molar-refractivity contribution in [2.75, 3.05) is 0 Å². The van der Waals surface area contributed by atoms with Gasteiger partial charge in [0.2, 0.25) is 0 Å². The fraction of sp³-hybridized carbons (Fsp3) is 0.571. The van der Waals surface area contributed by atoms with Crippen LogP contribution in [0.3, 0.4) is 0 Å². The van der Waals surface area contributed by atoms with Crippen molar-refractivity contribution in [2.24, 2.45) is 5.73 Å². The van der Waals surface area contributed by atoms with Crippen molar-refractivity contribution < 1.29 is 0 Å². The van der Waals surface area contributed by atoms with Crippen molar-refractivity contribution >= 4 is 5.84 Å². The van der Waals surface area contributed by atoms with Gasteiger partial charge in [-0.3, -0.25) is 5.41 Å². The maximum absolute atomic E-state index is 6.93. The van der Waals surface area contributed by atoms with E-state index in [1.807, 2.05) is 0 Å². The molecule has 0 heterocycles. The van der Waals surface area contributed by atoms with Gasteiger partial charge in [0, 0.05) is 0 Å². The lowest BCUT2D eigenvalue weighted by Crippen LogP contribution is -2.05. The average molecular weight is 126 g/mol. The van der Waals surface area contributed by atoms with Gasteiger partial charge in [-0.2, -0.15) is 0 Å². The minimum atomic E-state index is 0.161. The number of nitrogens with two attached hydrogens (primary N) is 1. The smallest absolute Gasteiger partial charge is 0.115 e. The molecule has 0 amide bonds. The highest BCUT2D eigenvalue weighted by molar-refractivity contribution is 5.89. The Labute approximate surface area is 56.3 Å². The Hall–Kier alpha value is -0.790. The van der Waals surface area contributed by atoms with Crippen LogP contribution >= 0.6 is 0 Å². The van der Waals surface area contributed by atoms with Gasteiger partial charge < -0.3 is 5.73 Å². The Morgan fingerprint density at radius 3 is 2.00 bits per heavy atom. The second kappa shape index (κ2) is 4.13. The van der Waals surface area contributed by atoms with Crippen LogP contribution in [0.15, 0.2) is 11.6 Å². The summed E-state index contributed by atoms with van der Waals surface area (Å²) in [5.74, 6) is 0.161. The molecule has 0 radical (unpaired) electrons. The minimum Gasteiger partial charge on any atom is -0.384 e. The molecule has 52 valence electrons. The topological polar surface area (TPSA) is 49.9 Å². The Balaban J connectivity index is 3.91. The van der Waals surface area contributed by atoms with Gasteiger partial charge in [0.15, 0.2) is 0 Å². The molecule has 0 saturated heterocycles. The van der Waals surface area contributed by atoms with E-state index in [-0.39, 0.29) is 5.84 Å². The van der Waals surface area contributed by atoms with Gasteiger partial charge in [-0.15, -0.1) is 0 Å². The van der Waals surface area contributed by atoms with E-state index in [1.165, 1.54) is 5.57 Å². The first-order valence-corrected chi connectivity index (χ1v) is 3.24. The quantitative estimate of drug-likeness (QED) is 0.438. The maximum atomic E-state index is 6.93. The third-order valence-electron chi connectivity index (χ3n) is 1.27. The summed E-state index contributed by atoms with van der Waals surface area (Å²) >= 11 is 0. The van der Waals surface area contributed by atoms with Gasteiger partial charge in [-0.1, -0.05) is 19.4 Å². The largest absolute Gasteiger partial charge is 0.384 e. The molecule has 9 heavy (non-hydrogen) atoms. The van der Waals surface area contributed by atoms with Crippen LogP contribution in [0.5, 0.6) is 0 Å². The first-order valence-electron chi connectivity index (χ1n) is 3.24. The summed E-state index contributed by atoms with van der Waals surface area (Å²) < 4.78 is 0. The van der Waals surface area contributed by atoms with E-state index in [0.717, 1.165) is 12.8 Å². The van der Waals surface area contributed by atoms with E-state index < -0.39 is 0 Å². The third-order valence-corrected chi connectivity index (χ3v) is 1.27. The third kappa shape index (κ3) is 3.76. The van der Waals surface area contributed by atoms with Gasteiger partial charge >= 0.3 is 0 Å². The number of hydrogen-bond donors (Lipinski definition) is 2. The summed E-state index contributed by atoms with van der Waals surface area (Å²) in [5.41, 5.74) is 6.39. The van der Waals surface area contributed by atoms with E-state index in [1.54, 1.807) is 6.08 Å². The van der Waals surface area contributed by atoms with Crippen LogP contribution < -0.4 is 5.73 Å².